The standard InChI is InChI=1S/C11H12BrNO/c1-6(2)11-13-9-5-8(12)4-7(3)10(9)14-11/h4-6H,1-3H3. The van der Waals surface area contributed by atoms with Gasteiger partial charge in [-0.1, -0.05) is 29.8 Å². The molecule has 0 amide bonds. The minimum atomic E-state index is 0.334. The van der Waals surface area contributed by atoms with Crippen molar-refractivity contribution in [3.8, 4) is 0 Å². The zero-order valence-corrected chi connectivity index (χ0v) is 10.1. The van der Waals surface area contributed by atoms with Crippen LogP contribution in [0.5, 0.6) is 0 Å². The summed E-state index contributed by atoms with van der Waals surface area (Å²) < 4.78 is 6.73. The van der Waals surface area contributed by atoms with E-state index in [9.17, 15) is 0 Å². The lowest BCUT2D eigenvalue weighted by molar-refractivity contribution is 0.500. The van der Waals surface area contributed by atoms with Gasteiger partial charge in [0.2, 0.25) is 0 Å². The second-order valence-corrected chi connectivity index (χ2v) is 4.69. The summed E-state index contributed by atoms with van der Waals surface area (Å²) in [4.78, 5) is 4.44. The Labute approximate surface area is 91.5 Å². The molecule has 0 unspecified atom stereocenters. The summed E-state index contributed by atoms with van der Waals surface area (Å²) >= 11 is 3.45. The maximum atomic E-state index is 5.68. The smallest absolute Gasteiger partial charge is 0.198 e. The Balaban J connectivity index is 2.70. The van der Waals surface area contributed by atoms with Gasteiger partial charge in [-0.15, -0.1) is 0 Å². The fourth-order valence-corrected chi connectivity index (χ4v) is 1.98. The summed E-state index contributed by atoms with van der Waals surface area (Å²) in [5.41, 5.74) is 2.95. The number of aromatic nitrogens is 1. The third-order valence-electron chi connectivity index (χ3n) is 2.15. The van der Waals surface area contributed by atoms with E-state index >= 15 is 0 Å². The number of oxazole rings is 1. The third-order valence-corrected chi connectivity index (χ3v) is 2.61. The second kappa shape index (κ2) is 3.39. The molecule has 0 aliphatic rings. The molecular formula is C11H12BrNO. The van der Waals surface area contributed by atoms with Crippen molar-refractivity contribution in [3.63, 3.8) is 0 Å². The molecule has 0 spiro atoms. The van der Waals surface area contributed by atoms with Crippen LogP contribution in [0.25, 0.3) is 11.1 Å². The first-order chi connectivity index (χ1) is 6.58. The van der Waals surface area contributed by atoms with Crippen molar-refractivity contribution in [1.82, 2.24) is 4.98 Å². The first-order valence-corrected chi connectivity index (χ1v) is 5.44. The van der Waals surface area contributed by atoms with Crippen LogP contribution in [0.1, 0.15) is 31.2 Å². The van der Waals surface area contributed by atoms with Gasteiger partial charge >= 0.3 is 0 Å². The predicted molar refractivity (Wildman–Crippen MR) is 60.5 cm³/mol. The molecule has 0 atom stereocenters. The van der Waals surface area contributed by atoms with E-state index in [0.29, 0.717) is 5.92 Å². The van der Waals surface area contributed by atoms with Crippen LogP contribution in [0.4, 0.5) is 0 Å². The van der Waals surface area contributed by atoms with Gasteiger partial charge in [-0.25, -0.2) is 4.98 Å². The van der Waals surface area contributed by atoms with Gasteiger partial charge in [0, 0.05) is 10.4 Å². The van der Waals surface area contributed by atoms with Crippen LogP contribution in [-0.2, 0) is 0 Å². The maximum absolute atomic E-state index is 5.68. The molecule has 74 valence electrons. The average Bonchev–Trinajstić information content (AvgIpc) is 2.47. The van der Waals surface area contributed by atoms with Crippen molar-refractivity contribution in [3.05, 3.63) is 28.1 Å². The van der Waals surface area contributed by atoms with Crippen LogP contribution in [0.2, 0.25) is 0 Å². The highest BCUT2D eigenvalue weighted by Crippen LogP contribution is 2.26. The lowest BCUT2D eigenvalue weighted by Crippen LogP contribution is -1.84. The van der Waals surface area contributed by atoms with Gasteiger partial charge in [0.1, 0.15) is 5.52 Å². The first-order valence-electron chi connectivity index (χ1n) is 4.64. The fourth-order valence-electron chi connectivity index (χ4n) is 1.42. The Bertz CT molecular complexity index is 473. The molecule has 1 heterocycles. The van der Waals surface area contributed by atoms with E-state index in [-0.39, 0.29) is 0 Å². The van der Waals surface area contributed by atoms with Crippen molar-refractivity contribution >= 4 is 27.0 Å². The number of fused-ring (bicyclic) bond motifs is 1. The molecule has 0 aliphatic heterocycles. The van der Waals surface area contributed by atoms with Gasteiger partial charge in [0.05, 0.1) is 0 Å². The van der Waals surface area contributed by atoms with Crippen LogP contribution in [0.3, 0.4) is 0 Å². The largest absolute Gasteiger partial charge is 0.440 e. The Hall–Kier alpha value is -0.830. The maximum Gasteiger partial charge on any atom is 0.198 e. The predicted octanol–water partition coefficient (Wildman–Crippen LogP) is 4.02. The molecule has 0 N–H and O–H groups in total. The van der Waals surface area contributed by atoms with Crippen LogP contribution in [0, 0.1) is 6.92 Å². The summed E-state index contributed by atoms with van der Waals surface area (Å²) in [5, 5.41) is 0. The van der Waals surface area contributed by atoms with Gasteiger partial charge in [-0.2, -0.15) is 0 Å². The van der Waals surface area contributed by atoms with Crippen molar-refractivity contribution < 1.29 is 4.42 Å². The molecular weight excluding hydrogens is 242 g/mol. The zero-order chi connectivity index (χ0) is 10.3. The monoisotopic (exact) mass is 253 g/mol. The molecule has 0 fully saturated rings. The number of benzene rings is 1. The van der Waals surface area contributed by atoms with E-state index in [4.69, 9.17) is 4.42 Å². The van der Waals surface area contributed by atoms with E-state index in [2.05, 4.69) is 34.8 Å². The molecule has 1 aromatic carbocycles. The van der Waals surface area contributed by atoms with E-state index < -0.39 is 0 Å². The number of rotatable bonds is 1. The number of nitrogens with zero attached hydrogens (tertiary/aromatic N) is 1. The van der Waals surface area contributed by atoms with Crippen molar-refractivity contribution in [2.24, 2.45) is 0 Å². The average molecular weight is 254 g/mol. The topological polar surface area (TPSA) is 26.0 Å². The van der Waals surface area contributed by atoms with Crippen LogP contribution >= 0.6 is 15.9 Å². The molecule has 0 aliphatic carbocycles. The highest BCUT2D eigenvalue weighted by atomic mass is 79.9. The summed E-state index contributed by atoms with van der Waals surface area (Å²) in [7, 11) is 0. The summed E-state index contributed by atoms with van der Waals surface area (Å²) in [6, 6.07) is 4.02. The number of aryl methyl sites for hydroxylation is 1. The summed E-state index contributed by atoms with van der Waals surface area (Å²) in [6.07, 6.45) is 0. The van der Waals surface area contributed by atoms with Crippen molar-refractivity contribution in [1.29, 1.82) is 0 Å². The molecule has 0 radical (unpaired) electrons. The first kappa shape index (κ1) is 9.71. The van der Waals surface area contributed by atoms with Gasteiger partial charge < -0.3 is 4.42 Å². The molecule has 2 nitrogen and oxygen atoms in total. The fraction of sp³-hybridized carbons (Fsp3) is 0.364. The van der Waals surface area contributed by atoms with E-state index in [1.807, 2.05) is 19.1 Å². The third kappa shape index (κ3) is 1.57. The van der Waals surface area contributed by atoms with Crippen molar-refractivity contribution in [2.75, 3.05) is 0 Å². The minimum absolute atomic E-state index is 0.334. The van der Waals surface area contributed by atoms with Gasteiger partial charge in [0.25, 0.3) is 0 Å². The van der Waals surface area contributed by atoms with Crippen LogP contribution in [0.15, 0.2) is 21.0 Å². The molecule has 2 aromatic rings. The minimum Gasteiger partial charge on any atom is -0.440 e. The highest BCUT2D eigenvalue weighted by Gasteiger charge is 2.11. The van der Waals surface area contributed by atoms with Crippen LogP contribution < -0.4 is 0 Å². The Morgan fingerprint density at radius 3 is 2.71 bits per heavy atom. The molecule has 3 heteroatoms. The normalized spacial score (nSPS) is 11.5. The molecule has 0 bridgehead atoms. The van der Waals surface area contributed by atoms with E-state index in [1.165, 1.54) is 0 Å². The van der Waals surface area contributed by atoms with E-state index in [1.54, 1.807) is 0 Å². The molecule has 0 saturated carbocycles. The lowest BCUT2D eigenvalue weighted by Gasteiger charge is -1.95. The lowest BCUT2D eigenvalue weighted by atomic mass is 10.2. The summed E-state index contributed by atoms with van der Waals surface area (Å²) in [6.45, 7) is 6.19. The van der Waals surface area contributed by atoms with Gasteiger partial charge in [-0.3, -0.25) is 0 Å². The van der Waals surface area contributed by atoms with Crippen molar-refractivity contribution in [2.45, 2.75) is 26.7 Å². The Kier molecular flexibility index (Phi) is 2.35. The Morgan fingerprint density at radius 2 is 2.07 bits per heavy atom. The SMILES string of the molecule is Cc1cc(Br)cc2nc(C(C)C)oc12. The number of hydrogen-bond acceptors (Lipinski definition) is 2. The van der Waals surface area contributed by atoms with Gasteiger partial charge in [0.15, 0.2) is 11.5 Å². The van der Waals surface area contributed by atoms with Gasteiger partial charge in [-0.05, 0) is 24.6 Å². The number of halogens is 1. The molecule has 2 rings (SSSR count). The molecule has 1 aromatic heterocycles. The Morgan fingerprint density at radius 1 is 1.36 bits per heavy atom. The van der Waals surface area contributed by atoms with Crippen LogP contribution in [-0.4, -0.2) is 4.98 Å². The number of hydrogen-bond donors (Lipinski definition) is 0. The molecule has 14 heavy (non-hydrogen) atoms. The summed E-state index contributed by atoms with van der Waals surface area (Å²) in [5.74, 6) is 1.14. The van der Waals surface area contributed by atoms with E-state index in [0.717, 1.165) is 27.0 Å². The highest BCUT2D eigenvalue weighted by molar-refractivity contribution is 9.10. The quantitative estimate of drug-likeness (QED) is 0.768. The zero-order valence-electron chi connectivity index (χ0n) is 8.47. The second-order valence-electron chi connectivity index (χ2n) is 3.78. The molecule has 0 saturated heterocycles.